The summed E-state index contributed by atoms with van der Waals surface area (Å²) in [5.41, 5.74) is 4.02. The molecule has 8 heteroatoms. The highest BCUT2D eigenvalue weighted by molar-refractivity contribution is 6.32. The topological polar surface area (TPSA) is 101 Å². The molecule has 2 aromatic rings. The number of nitriles is 1. The molecule has 0 aliphatic rings. The van der Waals surface area contributed by atoms with Crippen molar-refractivity contribution in [1.29, 1.82) is 5.26 Å². The number of rotatable bonds is 4. The number of nitrogens with zero attached hydrogens (tertiary/aromatic N) is 3. The first-order valence-corrected chi connectivity index (χ1v) is 7.23. The van der Waals surface area contributed by atoms with Crippen LogP contribution in [0.15, 0.2) is 35.9 Å². The molecule has 24 heavy (non-hydrogen) atoms. The van der Waals surface area contributed by atoms with Crippen LogP contribution >= 0.6 is 11.6 Å². The third-order valence-corrected chi connectivity index (χ3v) is 3.68. The first-order chi connectivity index (χ1) is 11.3. The van der Waals surface area contributed by atoms with Gasteiger partial charge < -0.3 is 0 Å². The van der Waals surface area contributed by atoms with E-state index in [1.54, 1.807) is 24.6 Å². The van der Waals surface area contributed by atoms with Gasteiger partial charge in [0.1, 0.15) is 11.6 Å². The Morgan fingerprint density at radius 2 is 1.96 bits per heavy atom. The van der Waals surface area contributed by atoms with Crippen LogP contribution in [0.5, 0.6) is 0 Å². The smallest absolute Gasteiger partial charge is 0.267 e. The highest BCUT2D eigenvalue weighted by Crippen LogP contribution is 2.24. The van der Waals surface area contributed by atoms with E-state index in [4.69, 9.17) is 11.6 Å². The van der Waals surface area contributed by atoms with Crippen molar-refractivity contribution in [1.82, 2.24) is 4.68 Å². The molecule has 0 bridgehead atoms. The number of non-ortho nitro benzene ring substituents is 1. The second-order valence-electron chi connectivity index (χ2n) is 5.03. The van der Waals surface area contributed by atoms with E-state index in [1.807, 2.05) is 12.1 Å². The lowest BCUT2D eigenvalue weighted by Gasteiger charge is -2.10. The Labute approximate surface area is 142 Å². The molecule has 0 aliphatic carbocycles. The zero-order valence-corrected chi connectivity index (χ0v) is 13.7. The quantitative estimate of drug-likeness (QED) is 0.397. The molecule has 122 valence electrons. The van der Waals surface area contributed by atoms with Gasteiger partial charge in [-0.2, -0.15) is 5.26 Å². The second kappa shape index (κ2) is 6.98. The fourth-order valence-electron chi connectivity index (χ4n) is 2.07. The number of nitro benzene ring substituents is 1. The summed E-state index contributed by atoms with van der Waals surface area (Å²) in [5, 5.41) is 20.3. The fourth-order valence-corrected chi connectivity index (χ4v) is 2.24. The van der Waals surface area contributed by atoms with Gasteiger partial charge in [0.25, 0.3) is 11.6 Å². The Morgan fingerprint density at radius 1 is 1.33 bits per heavy atom. The van der Waals surface area contributed by atoms with Crippen LogP contribution in [-0.2, 0) is 4.79 Å². The van der Waals surface area contributed by atoms with Crippen molar-refractivity contribution in [3.05, 3.63) is 68.0 Å². The van der Waals surface area contributed by atoms with Crippen molar-refractivity contribution in [2.75, 3.05) is 5.43 Å². The Hall–Kier alpha value is -3.11. The van der Waals surface area contributed by atoms with Crippen LogP contribution in [0.3, 0.4) is 0 Å². The van der Waals surface area contributed by atoms with E-state index in [1.165, 1.54) is 24.3 Å². The van der Waals surface area contributed by atoms with Crippen LogP contribution in [-0.4, -0.2) is 15.5 Å². The molecule has 0 aliphatic heterocycles. The van der Waals surface area contributed by atoms with Crippen molar-refractivity contribution in [3.8, 4) is 6.07 Å². The van der Waals surface area contributed by atoms with Crippen LogP contribution in [0.25, 0.3) is 6.08 Å². The number of carbonyl (C=O) groups excluding carboxylic acids is 1. The second-order valence-corrected chi connectivity index (χ2v) is 5.43. The lowest BCUT2D eigenvalue weighted by Crippen LogP contribution is -2.25. The summed E-state index contributed by atoms with van der Waals surface area (Å²) in [5.74, 6) is -0.637. The SMILES string of the molecule is Cc1ccc(C)n1NC(=O)/C(C#N)=C\c1cc([N+](=O)[O-])ccc1Cl. The Balaban J connectivity index is 2.36. The van der Waals surface area contributed by atoms with Crippen LogP contribution < -0.4 is 5.43 Å². The third kappa shape index (κ3) is 3.62. The van der Waals surface area contributed by atoms with E-state index < -0.39 is 10.8 Å². The van der Waals surface area contributed by atoms with Gasteiger partial charge in [-0.05, 0) is 38.1 Å². The van der Waals surface area contributed by atoms with Gasteiger partial charge in [-0.3, -0.25) is 25.0 Å². The van der Waals surface area contributed by atoms with Gasteiger partial charge in [0.15, 0.2) is 0 Å². The molecule has 1 aromatic heterocycles. The van der Waals surface area contributed by atoms with E-state index in [0.717, 1.165) is 11.4 Å². The highest BCUT2D eigenvalue weighted by atomic mass is 35.5. The largest absolute Gasteiger partial charge is 0.280 e. The average molecular weight is 345 g/mol. The summed E-state index contributed by atoms with van der Waals surface area (Å²) in [7, 11) is 0. The first kappa shape index (κ1) is 17.2. The van der Waals surface area contributed by atoms with Gasteiger partial charge in [-0.15, -0.1) is 0 Å². The summed E-state index contributed by atoms with van der Waals surface area (Å²) in [6, 6.07) is 9.23. The molecule has 0 spiro atoms. The van der Waals surface area contributed by atoms with Crippen molar-refractivity contribution in [2.24, 2.45) is 0 Å². The van der Waals surface area contributed by atoms with E-state index >= 15 is 0 Å². The monoisotopic (exact) mass is 344 g/mol. The maximum absolute atomic E-state index is 12.3. The van der Waals surface area contributed by atoms with Crippen LogP contribution in [0, 0.1) is 35.3 Å². The number of nitrogens with one attached hydrogen (secondary N) is 1. The molecule has 0 atom stereocenters. The lowest BCUT2D eigenvalue weighted by molar-refractivity contribution is -0.384. The molecule has 7 nitrogen and oxygen atoms in total. The van der Waals surface area contributed by atoms with E-state index in [9.17, 15) is 20.2 Å². The van der Waals surface area contributed by atoms with E-state index in [2.05, 4.69) is 5.43 Å². The minimum atomic E-state index is -0.637. The average Bonchev–Trinajstić information content (AvgIpc) is 2.85. The van der Waals surface area contributed by atoms with Crippen molar-refractivity contribution in [2.45, 2.75) is 13.8 Å². The standard InChI is InChI=1S/C16H13ClN4O3/c1-10-3-4-11(2)20(10)19-16(22)13(9-18)7-12-8-14(21(23)24)5-6-15(12)17/h3-8H,1-2H3,(H,19,22)/b13-7-. The zero-order chi connectivity index (χ0) is 17.9. The van der Waals surface area contributed by atoms with Gasteiger partial charge in [-0.1, -0.05) is 11.6 Å². The number of aromatic nitrogens is 1. The van der Waals surface area contributed by atoms with E-state index in [-0.39, 0.29) is 21.8 Å². The van der Waals surface area contributed by atoms with Gasteiger partial charge in [0.2, 0.25) is 0 Å². The number of hydrogen-bond acceptors (Lipinski definition) is 4. The molecule has 2 rings (SSSR count). The summed E-state index contributed by atoms with van der Waals surface area (Å²) in [6.45, 7) is 3.61. The molecule has 1 heterocycles. The number of carbonyl (C=O) groups is 1. The molecule has 0 unspecified atom stereocenters. The molecule has 0 saturated heterocycles. The van der Waals surface area contributed by atoms with Crippen molar-refractivity contribution < 1.29 is 9.72 Å². The molecular formula is C16H13ClN4O3. The summed E-state index contributed by atoms with van der Waals surface area (Å²) in [4.78, 5) is 22.5. The fraction of sp³-hybridized carbons (Fsp3) is 0.125. The van der Waals surface area contributed by atoms with Crippen LogP contribution in [0.2, 0.25) is 5.02 Å². The molecule has 1 N–H and O–H groups in total. The predicted octanol–water partition coefficient (Wildman–Crippen LogP) is 3.34. The maximum Gasteiger partial charge on any atom is 0.280 e. The first-order valence-electron chi connectivity index (χ1n) is 6.85. The Kier molecular flexibility index (Phi) is 5.02. The van der Waals surface area contributed by atoms with Gasteiger partial charge >= 0.3 is 0 Å². The number of aryl methyl sites for hydroxylation is 2. The molecule has 0 saturated carbocycles. The molecule has 1 amide bonds. The van der Waals surface area contributed by atoms with Gasteiger partial charge in [-0.25, -0.2) is 0 Å². The minimum absolute atomic E-state index is 0.180. The molecule has 0 radical (unpaired) electrons. The zero-order valence-electron chi connectivity index (χ0n) is 12.9. The maximum atomic E-state index is 12.3. The Morgan fingerprint density at radius 3 is 2.50 bits per heavy atom. The number of benzene rings is 1. The Bertz CT molecular complexity index is 874. The minimum Gasteiger partial charge on any atom is -0.267 e. The summed E-state index contributed by atoms with van der Waals surface area (Å²) >= 11 is 5.99. The van der Waals surface area contributed by atoms with Gasteiger partial charge in [0, 0.05) is 34.1 Å². The van der Waals surface area contributed by atoms with Gasteiger partial charge in [0.05, 0.1) is 4.92 Å². The predicted molar refractivity (Wildman–Crippen MR) is 90.0 cm³/mol. The highest BCUT2D eigenvalue weighted by Gasteiger charge is 2.14. The summed E-state index contributed by atoms with van der Waals surface area (Å²) in [6.07, 6.45) is 1.22. The number of nitro groups is 1. The van der Waals surface area contributed by atoms with Crippen molar-refractivity contribution >= 4 is 29.3 Å². The molecular weight excluding hydrogens is 332 g/mol. The molecule has 1 aromatic carbocycles. The summed E-state index contributed by atoms with van der Waals surface area (Å²) < 4.78 is 1.54. The van der Waals surface area contributed by atoms with Crippen molar-refractivity contribution in [3.63, 3.8) is 0 Å². The number of hydrogen-bond donors (Lipinski definition) is 1. The van der Waals surface area contributed by atoms with Crippen LogP contribution in [0.4, 0.5) is 5.69 Å². The third-order valence-electron chi connectivity index (χ3n) is 3.34. The lowest BCUT2D eigenvalue weighted by atomic mass is 10.1. The molecule has 0 fully saturated rings. The number of halogens is 1. The van der Waals surface area contributed by atoms with Crippen LogP contribution in [0.1, 0.15) is 17.0 Å². The number of amides is 1. The normalized spacial score (nSPS) is 11.0. The van der Waals surface area contributed by atoms with E-state index in [0.29, 0.717) is 0 Å².